The van der Waals surface area contributed by atoms with E-state index >= 15 is 0 Å². The second-order valence-corrected chi connectivity index (χ2v) is 7.86. The van der Waals surface area contributed by atoms with Crippen molar-refractivity contribution in [1.29, 1.82) is 0 Å². The normalized spacial score (nSPS) is 20.8. The highest BCUT2D eigenvalue weighted by Gasteiger charge is 2.37. The van der Waals surface area contributed by atoms with Crippen LogP contribution in [0.4, 0.5) is 10.2 Å². The number of amides is 1. The number of nitrogens with zero attached hydrogens (tertiary/aromatic N) is 4. The molecule has 28 heavy (non-hydrogen) atoms. The fourth-order valence-corrected chi connectivity index (χ4v) is 4.08. The maximum Gasteiger partial charge on any atom is 0.240 e. The molecule has 0 radical (unpaired) electrons. The van der Waals surface area contributed by atoms with E-state index < -0.39 is 0 Å². The zero-order valence-corrected chi connectivity index (χ0v) is 16.6. The minimum absolute atomic E-state index is 0.0524. The molecule has 2 aliphatic heterocycles. The SMILES string of the molecule is Cc1ccc(N2CCN(C3CCN(Cc4ccc(C)c(F)c4)C3=O)CC2)nc1. The van der Waals surface area contributed by atoms with E-state index in [0.29, 0.717) is 12.1 Å². The smallest absolute Gasteiger partial charge is 0.240 e. The van der Waals surface area contributed by atoms with Crippen molar-refractivity contribution in [1.82, 2.24) is 14.8 Å². The van der Waals surface area contributed by atoms with Gasteiger partial charge < -0.3 is 9.80 Å². The van der Waals surface area contributed by atoms with E-state index in [1.807, 2.05) is 24.1 Å². The number of pyridine rings is 1. The number of aryl methyl sites for hydroxylation is 2. The van der Waals surface area contributed by atoms with Crippen molar-refractivity contribution in [3.63, 3.8) is 0 Å². The van der Waals surface area contributed by atoms with Crippen LogP contribution in [0.25, 0.3) is 0 Å². The Kier molecular flexibility index (Phi) is 5.31. The average molecular weight is 382 g/mol. The van der Waals surface area contributed by atoms with Crippen LogP contribution in [-0.4, -0.2) is 59.5 Å². The summed E-state index contributed by atoms with van der Waals surface area (Å²) in [4.78, 5) is 23.9. The van der Waals surface area contributed by atoms with E-state index in [2.05, 4.69) is 26.9 Å². The van der Waals surface area contributed by atoms with Crippen LogP contribution in [0.1, 0.15) is 23.1 Å². The second-order valence-electron chi connectivity index (χ2n) is 7.86. The molecule has 1 aromatic heterocycles. The molecule has 148 valence electrons. The molecule has 6 heteroatoms. The maximum absolute atomic E-state index is 13.8. The van der Waals surface area contributed by atoms with Gasteiger partial charge in [-0.15, -0.1) is 0 Å². The lowest BCUT2D eigenvalue weighted by Gasteiger charge is -2.37. The third-order valence-corrected chi connectivity index (χ3v) is 5.85. The summed E-state index contributed by atoms with van der Waals surface area (Å²) in [6, 6.07) is 9.33. The minimum Gasteiger partial charge on any atom is -0.354 e. The summed E-state index contributed by atoms with van der Waals surface area (Å²) >= 11 is 0. The summed E-state index contributed by atoms with van der Waals surface area (Å²) in [7, 11) is 0. The Hall–Kier alpha value is -2.47. The van der Waals surface area contributed by atoms with Crippen LogP contribution in [0.5, 0.6) is 0 Å². The number of anilines is 1. The third-order valence-electron chi connectivity index (χ3n) is 5.85. The van der Waals surface area contributed by atoms with Crippen LogP contribution in [0, 0.1) is 19.7 Å². The molecule has 4 rings (SSSR count). The van der Waals surface area contributed by atoms with Crippen molar-refractivity contribution in [2.24, 2.45) is 0 Å². The summed E-state index contributed by atoms with van der Waals surface area (Å²) in [5.74, 6) is 0.968. The lowest BCUT2D eigenvalue weighted by molar-refractivity contribution is -0.132. The van der Waals surface area contributed by atoms with Crippen LogP contribution in [0.2, 0.25) is 0 Å². The van der Waals surface area contributed by atoms with Gasteiger partial charge in [0, 0.05) is 45.5 Å². The van der Waals surface area contributed by atoms with E-state index in [9.17, 15) is 9.18 Å². The van der Waals surface area contributed by atoms with E-state index in [4.69, 9.17) is 0 Å². The first-order valence-electron chi connectivity index (χ1n) is 9.97. The number of aromatic nitrogens is 1. The minimum atomic E-state index is -0.207. The lowest BCUT2D eigenvalue weighted by atomic mass is 10.1. The number of halogens is 1. The van der Waals surface area contributed by atoms with Gasteiger partial charge in [0.05, 0.1) is 6.04 Å². The Morgan fingerprint density at radius 2 is 1.86 bits per heavy atom. The number of carbonyl (C=O) groups excluding carboxylic acids is 1. The first-order chi connectivity index (χ1) is 13.5. The van der Waals surface area contributed by atoms with Crippen molar-refractivity contribution in [2.45, 2.75) is 32.9 Å². The van der Waals surface area contributed by atoms with E-state index in [-0.39, 0.29) is 17.8 Å². The molecule has 0 bridgehead atoms. The Balaban J connectivity index is 1.34. The summed E-state index contributed by atoms with van der Waals surface area (Å²) in [6.07, 6.45) is 2.74. The fraction of sp³-hybridized carbons (Fsp3) is 0.455. The molecule has 0 saturated carbocycles. The molecule has 1 atom stereocenters. The van der Waals surface area contributed by atoms with Crippen LogP contribution in [-0.2, 0) is 11.3 Å². The molecule has 2 saturated heterocycles. The van der Waals surface area contributed by atoms with Crippen LogP contribution in [0.3, 0.4) is 0 Å². The molecule has 2 fully saturated rings. The topological polar surface area (TPSA) is 39.7 Å². The highest BCUT2D eigenvalue weighted by Crippen LogP contribution is 2.23. The summed E-state index contributed by atoms with van der Waals surface area (Å²) in [6.45, 7) is 8.49. The molecule has 5 nitrogen and oxygen atoms in total. The monoisotopic (exact) mass is 382 g/mol. The number of hydrogen-bond acceptors (Lipinski definition) is 4. The predicted molar refractivity (Wildman–Crippen MR) is 108 cm³/mol. The standard InChI is InChI=1S/C22H27FN4O/c1-16-3-6-21(24-14-16)26-11-9-25(10-12-26)20-7-8-27(22(20)28)15-18-5-4-17(2)19(23)13-18/h3-6,13-14,20H,7-12,15H2,1-2H3. The summed E-state index contributed by atoms with van der Waals surface area (Å²) in [5.41, 5.74) is 2.65. The van der Waals surface area contributed by atoms with Gasteiger partial charge in [0.1, 0.15) is 11.6 Å². The van der Waals surface area contributed by atoms with E-state index in [0.717, 1.165) is 56.1 Å². The number of hydrogen-bond donors (Lipinski definition) is 0. The van der Waals surface area contributed by atoms with Crippen molar-refractivity contribution in [3.05, 3.63) is 59.0 Å². The second kappa shape index (κ2) is 7.87. The molecule has 2 aromatic rings. The molecule has 0 aliphatic carbocycles. The molecule has 1 aromatic carbocycles. The van der Waals surface area contributed by atoms with Gasteiger partial charge in [-0.1, -0.05) is 18.2 Å². The van der Waals surface area contributed by atoms with Gasteiger partial charge >= 0.3 is 0 Å². The number of benzene rings is 1. The molecule has 0 spiro atoms. The van der Waals surface area contributed by atoms with E-state index in [1.54, 1.807) is 19.1 Å². The zero-order valence-electron chi connectivity index (χ0n) is 16.6. The van der Waals surface area contributed by atoms with Gasteiger partial charge in [-0.05, 0) is 49.1 Å². The third kappa shape index (κ3) is 3.87. The van der Waals surface area contributed by atoms with Crippen LogP contribution >= 0.6 is 0 Å². The zero-order chi connectivity index (χ0) is 19.7. The number of piperazine rings is 1. The number of carbonyl (C=O) groups is 1. The first-order valence-corrected chi connectivity index (χ1v) is 9.97. The molecule has 1 amide bonds. The van der Waals surface area contributed by atoms with Crippen molar-refractivity contribution in [2.75, 3.05) is 37.6 Å². The quantitative estimate of drug-likeness (QED) is 0.815. The van der Waals surface area contributed by atoms with Gasteiger partial charge in [0.2, 0.25) is 5.91 Å². The predicted octanol–water partition coefficient (Wildman–Crippen LogP) is 2.76. The Morgan fingerprint density at radius 1 is 1.07 bits per heavy atom. The van der Waals surface area contributed by atoms with E-state index in [1.165, 1.54) is 0 Å². The van der Waals surface area contributed by atoms with Gasteiger partial charge in [-0.2, -0.15) is 0 Å². The van der Waals surface area contributed by atoms with Crippen LogP contribution in [0.15, 0.2) is 36.5 Å². The fourth-order valence-electron chi connectivity index (χ4n) is 4.08. The first kappa shape index (κ1) is 18.9. The van der Waals surface area contributed by atoms with Crippen LogP contribution < -0.4 is 4.90 Å². The molecular formula is C22H27FN4O. The Morgan fingerprint density at radius 3 is 2.54 bits per heavy atom. The molecule has 0 N–H and O–H groups in total. The summed E-state index contributed by atoms with van der Waals surface area (Å²) < 4.78 is 13.8. The lowest BCUT2D eigenvalue weighted by Crippen LogP contribution is -2.52. The van der Waals surface area contributed by atoms with Gasteiger partial charge in [0.25, 0.3) is 0 Å². The van der Waals surface area contributed by atoms with Gasteiger partial charge in [0.15, 0.2) is 0 Å². The van der Waals surface area contributed by atoms with Crippen molar-refractivity contribution < 1.29 is 9.18 Å². The number of likely N-dealkylation sites (tertiary alicyclic amines) is 1. The molecule has 3 heterocycles. The highest BCUT2D eigenvalue weighted by atomic mass is 19.1. The highest BCUT2D eigenvalue weighted by molar-refractivity contribution is 5.84. The Labute approximate surface area is 165 Å². The molecule has 2 aliphatic rings. The van der Waals surface area contributed by atoms with Gasteiger partial charge in [-0.25, -0.2) is 9.37 Å². The molecular weight excluding hydrogens is 355 g/mol. The van der Waals surface area contributed by atoms with Crippen molar-refractivity contribution in [3.8, 4) is 0 Å². The summed E-state index contributed by atoms with van der Waals surface area (Å²) in [5, 5.41) is 0. The van der Waals surface area contributed by atoms with Crippen molar-refractivity contribution >= 4 is 11.7 Å². The largest absolute Gasteiger partial charge is 0.354 e. The maximum atomic E-state index is 13.8. The Bertz CT molecular complexity index is 846. The van der Waals surface area contributed by atoms with Gasteiger partial charge in [-0.3, -0.25) is 9.69 Å². The molecule has 1 unspecified atom stereocenters. The number of rotatable bonds is 4. The average Bonchev–Trinajstić information content (AvgIpc) is 3.06.